The smallest absolute Gasteiger partial charge is 0.459 e. The number of aliphatic hydroxyl groups is 1. The summed E-state index contributed by atoms with van der Waals surface area (Å²) in [4.78, 5) is 34.8. The number of nitrogens with zero attached hydrogens (tertiary/aromatic N) is 3. The maximum absolute atomic E-state index is 15.3. The number of ether oxygens (including phenoxy) is 1. The summed E-state index contributed by atoms with van der Waals surface area (Å²) in [6.07, 6.45) is 0.756. The van der Waals surface area contributed by atoms with Gasteiger partial charge in [-0.25, -0.2) is 13.9 Å². The van der Waals surface area contributed by atoms with E-state index in [4.69, 9.17) is 19.5 Å². The van der Waals surface area contributed by atoms with E-state index in [2.05, 4.69) is 26.6 Å². The predicted molar refractivity (Wildman–Crippen MR) is 139 cm³/mol. The Hall–Kier alpha value is -4.00. The van der Waals surface area contributed by atoms with Crippen molar-refractivity contribution in [3.63, 3.8) is 0 Å². The number of esters is 1. The maximum Gasteiger partial charge on any atom is 0.459 e. The number of anilines is 1. The van der Waals surface area contributed by atoms with Gasteiger partial charge in [-0.3, -0.25) is 19.1 Å². The van der Waals surface area contributed by atoms with Crippen molar-refractivity contribution in [2.24, 2.45) is 5.92 Å². The second-order valence-corrected chi connectivity index (χ2v) is 10.8. The van der Waals surface area contributed by atoms with Gasteiger partial charge in [-0.2, -0.15) is 10.1 Å². The summed E-state index contributed by atoms with van der Waals surface area (Å²) in [5.74, 6) is -3.61. The highest BCUT2D eigenvalue weighted by molar-refractivity contribution is 7.52. The highest BCUT2D eigenvalue weighted by Crippen LogP contribution is 2.49. The molecule has 13 nitrogen and oxygen atoms in total. The molecule has 0 amide bonds. The van der Waals surface area contributed by atoms with E-state index >= 15 is 4.39 Å². The molecule has 208 valence electrons. The molecule has 0 bridgehead atoms. The molecule has 4 atom stereocenters. The maximum atomic E-state index is 15.3. The third kappa shape index (κ3) is 5.87. The number of H-pyrrole nitrogens is 1. The molecule has 1 aliphatic carbocycles. The van der Waals surface area contributed by atoms with Gasteiger partial charge in [-0.1, -0.05) is 24.8 Å². The van der Waals surface area contributed by atoms with Gasteiger partial charge in [0.1, 0.15) is 23.6 Å². The van der Waals surface area contributed by atoms with Crippen molar-refractivity contribution in [1.29, 1.82) is 0 Å². The van der Waals surface area contributed by atoms with Gasteiger partial charge in [0.15, 0.2) is 17.0 Å². The van der Waals surface area contributed by atoms with Crippen molar-refractivity contribution in [3.8, 4) is 5.75 Å². The standard InChI is InChI=1S/C24H28FN6O7P/c1-12(2)37-23(34)14(4)30-39(35,38-15-8-6-5-7-9-15)36-10-16-13(3)19(17(25)20(16)32)31-11-27-18-21(31)28-24(26)29-22(18)33/h5-9,11-12,14,16,19,32H,3,10H2,1-2,4H3,(H,30,35)(H3,26,28,29,33)/t14-,16-,19?,39-/m0/s1. The van der Waals surface area contributed by atoms with Crippen molar-refractivity contribution < 1.29 is 32.6 Å². The van der Waals surface area contributed by atoms with Crippen LogP contribution in [0.4, 0.5) is 10.3 Å². The Balaban J connectivity index is 1.58. The number of nitrogens with one attached hydrogen (secondary N) is 2. The molecule has 4 rings (SSSR count). The summed E-state index contributed by atoms with van der Waals surface area (Å²) < 4.78 is 46.6. The van der Waals surface area contributed by atoms with E-state index in [1.807, 2.05) is 0 Å². The number of aromatic nitrogens is 4. The molecule has 3 aromatic rings. The minimum Gasteiger partial charge on any atom is -0.509 e. The normalized spacial score (nSPS) is 19.9. The second-order valence-electron chi connectivity index (χ2n) is 9.07. The minimum atomic E-state index is -4.29. The summed E-state index contributed by atoms with van der Waals surface area (Å²) >= 11 is 0. The molecule has 0 radical (unpaired) electrons. The highest BCUT2D eigenvalue weighted by Gasteiger charge is 2.42. The van der Waals surface area contributed by atoms with Crippen molar-refractivity contribution in [3.05, 3.63) is 70.8 Å². The number of imidazole rings is 1. The molecule has 2 aromatic heterocycles. The van der Waals surface area contributed by atoms with E-state index in [0.717, 1.165) is 0 Å². The molecule has 0 saturated carbocycles. The van der Waals surface area contributed by atoms with E-state index in [1.165, 1.54) is 30.0 Å². The average Bonchev–Trinajstić information content (AvgIpc) is 3.36. The molecule has 15 heteroatoms. The fourth-order valence-corrected chi connectivity index (χ4v) is 5.47. The van der Waals surface area contributed by atoms with Crippen LogP contribution in [0.1, 0.15) is 26.8 Å². The first-order chi connectivity index (χ1) is 18.4. The van der Waals surface area contributed by atoms with Crippen molar-refractivity contribution in [2.75, 3.05) is 12.3 Å². The largest absolute Gasteiger partial charge is 0.509 e. The van der Waals surface area contributed by atoms with Crippen molar-refractivity contribution in [2.45, 2.75) is 39.0 Å². The number of nitrogens with two attached hydrogens (primary N) is 1. The number of carbonyl (C=O) groups is 1. The first-order valence-corrected chi connectivity index (χ1v) is 13.4. The minimum absolute atomic E-state index is 0.0239. The van der Waals surface area contributed by atoms with Crippen LogP contribution in [0.3, 0.4) is 0 Å². The molecule has 1 aliphatic rings. The van der Waals surface area contributed by atoms with Crippen LogP contribution < -0.4 is 20.9 Å². The molecule has 39 heavy (non-hydrogen) atoms. The number of benzene rings is 1. The van der Waals surface area contributed by atoms with Crippen LogP contribution in [-0.4, -0.2) is 49.3 Å². The predicted octanol–water partition coefficient (Wildman–Crippen LogP) is 3.30. The zero-order chi connectivity index (χ0) is 28.5. The van der Waals surface area contributed by atoms with Gasteiger partial charge in [-0.15, -0.1) is 0 Å². The topological polar surface area (TPSA) is 184 Å². The van der Waals surface area contributed by atoms with E-state index in [0.29, 0.717) is 0 Å². The molecular weight excluding hydrogens is 534 g/mol. The molecule has 1 unspecified atom stereocenters. The fraction of sp³-hybridized carbons (Fsp3) is 0.333. The van der Waals surface area contributed by atoms with Gasteiger partial charge in [-0.05, 0) is 38.5 Å². The lowest BCUT2D eigenvalue weighted by Gasteiger charge is -2.25. The quantitative estimate of drug-likeness (QED) is 0.161. The molecule has 5 N–H and O–H groups in total. The number of carbonyl (C=O) groups excluding carboxylic acids is 1. The van der Waals surface area contributed by atoms with Gasteiger partial charge >= 0.3 is 13.7 Å². The van der Waals surface area contributed by atoms with Crippen LogP contribution >= 0.6 is 7.75 Å². The lowest BCUT2D eigenvalue weighted by Crippen LogP contribution is -2.36. The summed E-state index contributed by atoms with van der Waals surface area (Å²) in [6, 6.07) is 5.67. The Morgan fingerprint density at radius 3 is 2.69 bits per heavy atom. The SMILES string of the molecule is C=C1C(n2cnc3c(=O)[nH]c(N)nc32)C(F)=C(O)[C@H]1CO[P@@](=O)(N[C@@H](C)C(=O)OC(C)C)Oc1ccccc1. The van der Waals surface area contributed by atoms with Crippen molar-refractivity contribution in [1.82, 2.24) is 24.6 Å². The first-order valence-electron chi connectivity index (χ1n) is 11.9. The third-order valence-corrected chi connectivity index (χ3v) is 7.42. The van der Waals surface area contributed by atoms with Crippen LogP contribution in [0.25, 0.3) is 11.2 Å². The van der Waals surface area contributed by atoms with Gasteiger partial charge in [0.2, 0.25) is 5.95 Å². The van der Waals surface area contributed by atoms with Crippen molar-refractivity contribution >= 4 is 30.8 Å². The van der Waals surface area contributed by atoms with Crippen LogP contribution in [-0.2, 0) is 18.6 Å². The van der Waals surface area contributed by atoms with Gasteiger partial charge in [0.05, 0.1) is 25.0 Å². The molecule has 1 aromatic carbocycles. The molecular formula is C24H28FN6O7P. The zero-order valence-corrected chi connectivity index (χ0v) is 22.2. The average molecular weight is 562 g/mol. The molecule has 2 heterocycles. The summed E-state index contributed by atoms with van der Waals surface area (Å²) in [5, 5.41) is 13.2. The lowest BCUT2D eigenvalue weighted by atomic mass is 10.0. The summed E-state index contributed by atoms with van der Waals surface area (Å²) in [5.41, 5.74) is 5.00. The van der Waals surface area contributed by atoms with Gasteiger partial charge in [0.25, 0.3) is 5.56 Å². The number of fused-ring (bicyclic) bond motifs is 1. The van der Waals surface area contributed by atoms with Crippen LogP contribution in [0, 0.1) is 5.92 Å². The van der Waals surface area contributed by atoms with E-state index in [9.17, 15) is 19.3 Å². The van der Waals surface area contributed by atoms with E-state index in [1.54, 1.807) is 32.0 Å². The lowest BCUT2D eigenvalue weighted by molar-refractivity contribution is -0.149. The third-order valence-electron chi connectivity index (χ3n) is 5.78. The number of para-hydroxylation sites is 1. The Morgan fingerprint density at radius 2 is 2.03 bits per heavy atom. The number of aromatic amines is 1. The Labute approximate surface area is 222 Å². The number of halogens is 1. The zero-order valence-electron chi connectivity index (χ0n) is 21.3. The summed E-state index contributed by atoms with van der Waals surface area (Å²) in [6.45, 7) is 8.09. The van der Waals surface area contributed by atoms with E-state index < -0.39 is 61.6 Å². The number of nitrogen functional groups attached to an aromatic ring is 1. The molecule has 0 saturated heterocycles. The number of allylic oxidation sites excluding steroid dienone is 1. The monoisotopic (exact) mass is 562 g/mol. The Morgan fingerprint density at radius 1 is 1.33 bits per heavy atom. The number of aliphatic hydroxyl groups excluding tert-OH is 1. The van der Waals surface area contributed by atoms with E-state index in [-0.39, 0.29) is 28.4 Å². The highest BCUT2D eigenvalue weighted by atomic mass is 31.2. The second kappa shape index (κ2) is 11.0. The van der Waals surface area contributed by atoms with Crippen LogP contribution in [0.5, 0.6) is 5.75 Å². The van der Waals surface area contributed by atoms with Crippen LogP contribution in [0.2, 0.25) is 0 Å². The van der Waals surface area contributed by atoms with Gasteiger partial charge in [0, 0.05) is 0 Å². The number of hydrogen-bond donors (Lipinski definition) is 4. The van der Waals surface area contributed by atoms with Crippen LogP contribution in [0.15, 0.2) is 65.2 Å². The molecule has 0 fully saturated rings. The van der Waals surface area contributed by atoms with Gasteiger partial charge < -0.3 is 24.7 Å². The summed E-state index contributed by atoms with van der Waals surface area (Å²) in [7, 11) is -4.29. The number of rotatable bonds is 10. The first kappa shape index (κ1) is 28.0. The molecule has 0 aliphatic heterocycles. The Kier molecular flexibility index (Phi) is 7.91. The Bertz CT molecular complexity index is 1540. The molecule has 0 spiro atoms. The number of hydrogen-bond acceptors (Lipinski definition) is 10. The fourth-order valence-electron chi connectivity index (χ4n) is 3.96.